The zero-order valence-electron chi connectivity index (χ0n) is 20.5. The van der Waals surface area contributed by atoms with Gasteiger partial charge in [-0.3, -0.25) is 0 Å². The Bertz CT molecular complexity index is 1480. The monoisotopic (exact) mass is 497 g/mol. The average Bonchev–Trinajstić information content (AvgIpc) is 3.54. The Labute approximate surface area is 215 Å². The van der Waals surface area contributed by atoms with Crippen molar-refractivity contribution in [1.82, 2.24) is 14.9 Å². The minimum absolute atomic E-state index is 0.278. The van der Waals surface area contributed by atoms with Crippen LogP contribution in [0.5, 0.6) is 5.75 Å². The molecular formula is C30H31N3O2S. The van der Waals surface area contributed by atoms with Gasteiger partial charge in [0.25, 0.3) is 0 Å². The molecule has 6 rings (SSSR count). The number of piperidine rings is 1. The molecule has 36 heavy (non-hydrogen) atoms. The van der Waals surface area contributed by atoms with E-state index in [4.69, 9.17) is 4.74 Å². The number of aliphatic hydroxyl groups is 1. The number of aromatic nitrogens is 2. The van der Waals surface area contributed by atoms with Gasteiger partial charge in [-0.2, -0.15) is 0 Å². The van der Waals surface area contributed by atoms with E-state index in [1.807, 2.05) is 24.4 Å². The van der Waals surface area contributed by atoms with Crippen molar-refractivity contribution in [1.29, 1.82) is 0 Å². The molecule has 0 bridgehead atoms. The van der Waals surface area contributed by atoms with Crippen LogP contribution in [-0.4, -0.2) is 52.3 Å². The molecule has 184 valence electrons. The van der Waals surface area contributed by atoms with Crippen LogP contribution in [0.1, 0.15) is 29.2 Å². The van der Waals surface area contributed by atoms with Gasteiger partial charge >= 0.3 is 0 Å². The Morgan fingerprint density at radius 3 is 2.69 bits per heavy atom. The van der Waals surface area contributed by atoms with E-state index in [0.717, 1.165) is 53.3 Å². The number of thiazole rings is 1. The Morgan fingerprint density at radius 2 is 1.89 bits per heavy atom. The third-order valence-corrected chi connectivity index (χ3v) is 8.15. The van der Waals surface area contributed by atoms with Gasteiger partial charge in [0.1, 0.15) is 23.5 Å². The molecule has 1 saturated heterocycles. The molecule has 2 aromatic heterocycles. The Hall–Kier alpha value is -3.19. The Kier molecular flexibility index (Phi) is 6.48. The Morgan fingerprint density at radius 1 is 1.06 bits per heavy atom. The summed E-state index contributed by atoms with van der Waals surface area (Å²) in [6, 6.07) is 23.5. The maximum absolute atomic E-state index is 10.7. The van der Waals surface area contributed by atoms with Crippen molar-refractivity contribution < 1.29 is 9.84 Å². The van der Waals surface area contributed by atoms with Gasteiger partial charge in [0.05, 0.1) is 5.69 Å². The van der Waals surface area contributed by atoms with Gasteiger partial charge in [0.15, 0.2) is 0 Å². The molecule has 0 radical (unpaired) electrons. The summed E-state index contributed by atoms with van der Waals surface area (Å²) >= 11 is 1.67. The lowest BCUT2D eigenvalue weighted by Crippen LogP contribution is -2.40. The topological polar surface area (TPSA) is 61.4 Å². The fourth-order valence-electron chi connectivity index (χ4n) is 5.30. The largest absolute Gasteiger partial charge is 0.490 e. The van der Waals surface area contributed by atoms with Crippen molar-refractivity contribution in [2.45, 2.75) is 31.8 Å². The highest BCUT2D eigenvalue weighted by Crippen LogP contribution is 2.33. The lowest BCUT2D eigenvalue weighted by atomic mass is 9.88. The fraction of sp³-hybridized carbons (Fsp3) is 0.300. The van der Waals surface area contributed by atoms with Gasteiger partial charge in [0.2, 0.25) is 0 Å². The molecule has 1 aliphatic heterocycles. The quantitative estimate of drug-likeness (QED) is 0.274. The van der Waals surface area contributed by atoms with E-state index < -0.39 is 6.10 Å². The van der Waals surface area contributed by atoms with Crippen LogP contribution in [0.4, 0.5) is 0 Å². The molecule has 5 nitrogen and oxygen atoms in total. The molecule has 2 N–H and O–H groups in total. The molecule has 1 fully saturated rings. The molecule has 0 spiro atoms. The molecule has 0 amide bonds. The van der Waals surface area contributed by atoms with Crippen molar-refractivity contribution in [2.24, 2.45) is 0 Å². The van der Waals surface area contributed by atoms with Crippen LogP contribution < -0.4 is 4.74 Å². The van der Waals surface area contributed by atoms with Crippen LogP contribution in [0.25, 0.3) is 32.4 Å². The summed E-state index contributed by atoms with van der Waals surface area (Å²) < 4.78 is 6.09. The molecule has 5 aromatic rings. The average molecular weight is 498 g/mol. The van der Waals surface area contributed by atoms with Crippen LogP contribution in [0, 0.1) is 6.92 Å². The van der Waals surface area contributed by atoms with Crippen molar-refractivity contribution >= 4 is 33.0 Å². The number of rotatable bonds is 7. The summed E-state index contributed by atoms with van der Waals surface area (Å²) in [7, 11) is 0. The summed E-state index contributed by atoms with van der Waals surface area (Å²) in [5.74, 6) is 1.37. The number of hydrogen-bond donors (Lipinski definition) is 2. The highest BCUT2D eigenvalue weighted by molar-refractivity contribution is 7.14. The lowest BCUT2D eigenvalue weighted by molar-refractivity contribution is 0.0599. The predicted molar refractivity (Wildman–Crippen MR) is 148 cm³/mol. The van der Waals surface area contributed by atoms with Crippen LogP contribution in [-0.2, 0) is 0 Å². The number of aryl methyl sites for hydroxylation is 1. The minimum Gasteiger partial charge on any atom is -0.490 e. The standard InChI is InChI=1S/C30H31N3O2S/c1-20-17-31-30(36-20)28-16-26-27(32-28)7-4-8-29(26)35-19-25(34)18-33-13-11-22(12-14-33)24-10-9-21-5-2-3-6-23(21)15-24/h2-10,15-17,22,25,32,34H,11-14,18-19H2,1H3. The lowest BCUT2D eigenvalue weighted by Gasteiger charge is -2.33. The van der Waals surface area contributed by atoms with Gasteiger partial charge in [-0.15, -0.1) is 11.3 Å². The predicted octanol–water partition coefficient (Wildman–Crippen LogP) is 6.37. The number of hydrogen-bond acceptors (Lipinski definition) is 5. The number of fused-ring (bicyclic) bond motifs is 2. The molecule has 0 saturated carbocycles. The third kappa shape index (κ3) is 4.89. The zero-order chi connectivity index (χ0) is 24.5. The van der Waals surface area contributed by atoms with E-state index in [9.17, 15) is 5.11 Å². The maximum Gasteiger partial charge on any atom is 0.139 e. The number of H-pyrrole nitrogens is 1. The van der Waals surface area contributed by atoms with Gasteiger partial charge < -0.3 is 19.7 Å². The van der Waals surface area contributed by atoms with Crippen molar-refractivity contribution in [3.05, 3.63) is 83.4 Å². The molecule has 3 heterocycles. The summed E-state index contributed by atoms with van der Waals surface area (Å²) in [6.45, 7) is 4.97. The second kappa shape index (κ2) is 10.1. The van der Waals surface area contributed by atoms with Gasteiger partial charge in [-0.1, -0.05) is 48.5 Å². The van der Waals surface area contributed by atoms with Crippen LogP contribution in [0.3, 0.4) is 0 Å². The summed E-state index contributed by atoms with van der Waals surface area (Å²) in [4.78, 5) is 11.5. The second-order valence-corrected chi connectivity index (χ2v) is 11.1. The molecule has 6 heteroatoms. The van der Waals surface area contributed by atoms with Gasteiger partial charge in [-0.25, -0.2) is 4.98 Å². The molecule has 0 aliphatic carbocycles. The van der Waals surface area contributed by atoms with Gasteiger partial charge in [0, 0.05) is 28.5 Å². The van der Waals surface area contributed by atoms with E-state index in [1.54, 1.807) is 11.3 Å². The first-order chi connectivity index (χ1) is 17.6. The number of β-amino-alcohol motifs (C(OH)–C–C–N with tert-alkyl or cyclic N) is 1. The third-order valence-electron chi connectivity index (χ3n) is 7.21. The zero-order valence-corrected chi connectivity index (χ0v) is 21.3. The number of nitrogens with zero attached hydrogens (tertiary/aromatic N) is 2. The van der Waals surface area contributed by atoms with Crippen LogP contribution in [0.15, 0.2) is 72.9 Å². The van der Waals surface area contributed by atoms with E-state index >= 15 is 0 Å². The van der Waals surface area contributed by atoms with E-state index in [2.05, 4.69) is 70.3 Å². The number of likely N-dealkylation sites (tertiary alicyclic amines) is 1. The summed E-state index contributed by atoms with van der Waals surface area (Å²) in [5.41, 5.74) is 3.44. The molecule has 1 atom stereocenters. The first-order valence-corrected chi connectivity index (χ1v) is 13.5. The van der Waals surface area contributed by atoms with E-state index in [0.29, 0.717) is 12.5 Å². The SMILES string of the molecule is Cc1cnc(-c2cc3c(OCC(O)CN4CCC(c5ccc6ccccc6c5)CC4)cccc3[nH]2)s1. The molecular weight excluding hydrogens is 466 g/mol. The van der Waals surface area contributed by atoms with Gasteiger partial charge in [-0.05, 0) is 73.3 Å². The van der Waals surface area contributed by atoms with Crippen LogP contribution >= 0.6 is 11.3 Å². The second-order valence-electron chi connectivity index (χ2n) is 9.82. The minimum atomic E-state index is -0.530. The number of nitrogens with one attached hydrogen (secondary N) is 1. The molecule has 3 aromatic carbocycles. The molecule has 1 unspecified atom stereocenters. The normalized spacial score (nSPS) is 16.1. The summed E-state index contributed by atoms with van der Waals surface area (Å²) in [6.07, 6.45) is 3.60. The number of benzene rings is 3. The van der Waals surface area contributed by atoms with Crippen molar-refractivity contribution in [2.75, 3.05) is 26.2 Å². The molecule has 1 aliphatic rings. The van der Waals surface area contributed by atoms with E-state index in [1.165, 1.54) is 21.2 Å². The maximum atomic E-state index is 10.7. The first kappa shape index (κ1) is 23.2. The number of aromatic amines is 1. The van der Waals surface area contributed by atoms with Crippen LogP contribution in [0.2, 0.25) is 0 Å². The fourth-order valence-corrected chi connectivity index (χ4v) is 6.03. The smallest absolute Gasteiger partial charge is 0.139 e. The highest BCUT2D eigenvalue weighted by Gasteiger charge is 2.23. The van der Waals surface area contributed by atoms with E-state index in [-0.39, 0.29) is 6.61 Å². The number of aliphatic hydroxyl groups excluding tert-OH is 1. The Balaban J connectivity index is 1.04. The highest BCUT2D eigenvalue weighted by atomic mass is 32.1. The first-order valence-electron chi connectivity index (χ1n) is 12.7. The van der Waals surface area contributed by atoms with Crippen molar-refractivity contribution in [3.8, 4) is 16.5 Å². The summed E-state index contributed by atoms with van der Waals surface area (Å²) in [5, 5.41) is 15.3. The van der Waals surface area contributed by atoms with Crippen molar-refractivity contribution in [3.63, 3.8) is 0 Å². The number of ether oxygens (including phenoxy) is 1.